The molecule has 1 saturated heterocycles. The molecule has 1 atom stereocenters. The van der Waals surface area contributed by atoms with E-state index in [1.807, 2.05) is 13.2 Å². The van der Waals surface area contributed by atoms with Crippen molar-refractivity contribution in [3.05, 3.63) is 11.8 Å². The molecule has 0 spiro atoms. The number of likely N-dealkylation sites (N-methyl/N-ethyl adjacent to an activating group) is 1. The van der Waals surface area contributed by atoms with Crippen LogP contribution in [0.1, 0.15) is 24.3 Å². The largest absolute Gasteiger partial charge is 0.384 e. The number of piperidine rings is 1. The van der Waals surface area contributed by atoms with Crippen molar-refractivity contribution in [2.45, 2.75) is 18.8 Å². The maximum Gasteiger partial charge on any atom is 0.124 e. The van der Waals surface area contributed by atoms with E-state index in [-0.39, 0.29) is 0 Å². The van der Waals surface area contributed by atoms with Crippen LogP contribution in [0.15, 0.2) is 6.20 Å². The van der Waals surface area contributed by atoms with E-state index >= 15 is 0 Å². The summed E-state index contributed by atoms with van der Waals surface area (Å²) < 4.78 is 1.75. The maximum absolute atomic E-state index is 5.96. The zero-order valence-electron chi connectivity index (χ0n) is 8.90. The highest BCUT2D eigenvalue weighted by Crippen LogP contribution is 2.29. The Morgan fingerprint density at radius 1 is 1.50 bits per heavy atom. The van der Waals surface area contributed by atoms with Gasteiger partial charge in [-0.1, -0.05) is 0 Å². The smallest absolute Gasteiger partial charge is 0.124 e. The van der Waals surface area contributed by atoms with Crippen LogP contribution in [0.3, 0.4) is 0 Å². The first-order chi connectivity index (χ1) is 6.68. The Labute approximate surface area is 84.7 Å². The summed E-state index contributed by atoms with van der Waals surface area (Å²) in [5, 5.41) is 4.19. The number of anilines is 1. The lowest BCUT2D eigenvalue weighted by Gasteiger charge is -2.29. The molecule has 2 heterocycles. The Hall–Kier alpha value is -1.03. The number of aromatic nitrogens is 2. The van der Waals surface area contributed by atoms with Crippen molar-refractivity contribution < 1.29 is 0 Å². The molecule has 0 bridgehead atoms. The summed E-state index contributed by atoms with van der Waals surface area (Å²) in [6.45, 7) is 2.31. The molecule has 1 fully saturated rings. The average molecular weight is 194 g/mol. The Kier molecular flexibility index (Phi) is 2.46. The van der Waals surface area contributed by atoms with E-state index in [1.54, 1.807) is 4.68 Å². The topological polar surface area (TPSA) is 47.1 Å². The number of hydrogen-bond acceptors (Lipinski definition) is 3. The first-order valence-electron chi connectivity index (χ1n) is 5.14. The normalized spacial score (nSPS) is 24.0. The number of nitrogens with two attached hydrogens (primary N) is 1. The van der Waals surface area contributed by atoms with Crippen LogP contribution in [-0.2, 0) is 7.05 Å². The van der Waals surface area contributed by atoms with Gasteiger partial charge in [0.25, 0.3) is 0 Å². The summed E-state index contributed by atoms with van der Waals surface area (Å²) in [5.74, 6) is 1.40. The minimum atomic E-state index is 0.572. The van der Waals surface area contributed by atoms with Gasteiger partial charge in [0.2, 0.25) is 0 Å². The molecule has 1 aliphatic heterocycles. The average Bonchev–Trinajstić information content (AvgIpc) is 2.48. The van der Waals surface area contributed by atoms with E-state index in [4.69, 9.17) is 5.73 Å². The van der Waals surface area contributed by atoms with Gasteiger partial charge >= 0.3 is 0 Å². The molecule has 2 rings (SSSR count). The fourth-order valence-electron chi connectivity index (χ4n) is 2.20. The second kappa shape index (κ2) is 3.61. The highest BCUT2D eigenvalue weighted by molar-refractivity contribution is 5.41. The van der Waals surface area contributed by atoms with Crippen molar-refractivity contribution in [3.8, 4) is 0 Å². The monoisotopic (exact) mass is 194 g/mol. The third-order valence-corrected chi connectivity index (χ3v) is 3.08. The molecule has 1 aromatic rings. The van der Waals surface area contributed by atoms with Crippen LogP contribution in [0.5, 0.6) is 0 Å². The molecule has 78 valence electrons. The molecule has 0 amide bonds. The zero-order chi connectivity index (χ0) is 10.1. The third-order valence-electron chi connectivity index (χ3n) is 3.08. The van der Waals surface area contributed by atoms with E-state index < -0.39 is 0 Å². The lowest BCUT2D eigenvalue weighted by atomic mass is 9.92. The van der Waals surface area contributed by atoms with Crippen molar-refractivity contribution in [1.82, 2.24) is 14.7 Å². The van der Waals surface area contributed by atoms with Crippen LogP contribution in [0.2, 0.25) is 0 Å². The molecule has 4 heteroatoms. The highest BCUT2D eigenvalue weighted by Gasteiger charge is 2.22. The summed E-state index contributed by atoms with van der Waals surface area (Å²) in [6.07, 6.45) is 4.41. The summed E-state index contributed by atoms with van der Waals surface area (Å²) in [4.78, 5) is 2.36. The third kappa shape index (κ3) is 1.62. The molecule has 2 N–H and O–H groups in total. The number of aryl methyl sites for hydroxylation is 1. The van der Waals surface area contributed by atoms with E-state index in [9.17, 15) is 0 Å². The van der Waals surface area contributed by atoms with Gasteiger partial charge in [0.15, 0.2) is 0 Å². The van der Waals surface area contributed by atoms with Gasteiger partial charge in [-0.05, 0) is 26.4 Å². The van der Waals surface area contributed by atoms with Crippen LogP contribution >= 0.6 is 0 Å². The van der Waals surface area contributed by atoms with Gasteiger partial charge in [0, 0.05) is 25.1 Å². The molecule has 0 radical (unpaired) electrons. The first kappa shape index (κ1) is 9.52. The number of rotatable bonds is 1. The molecule has 14 heavy (non-hydrogen) atoms. The van der Waals surface area contributed by atoms with Gasteiger partial charge in [-0.25, -0.2) is 0 Å². The molecule has 1 aliphatic rings. The van der Waals surface area contributed by atoms with E-state index in [0.717, 1.165) is 12.4 Å². The fourth-order valence-corrected chi connectivity index (χ4v) is 2.20. The zero-order valence-corrected chi connectivity index (χ0v) is 8.90. The lowest BCUT2D eigenvalue weighted by molar-refractivity contribution is 0.251. The summed E-state index contributed by atoms with van der Waals surface area (Å²) >= 11 is 0. The van der Waals surface area contributed by atoms with Crippen molar-refractivity contribution in [1.29, 1.82) is 0 Å². The SMILES string of the molecule is CN1CCCC(c2cnn(C)c2N)C1. The summed E-state index contributed by atoms with van der Waals surface area (Å²) in [5.41, 5.74) is 7.18. The summed E-state index contributed by atoms with van der Waals surface area (Å²) in [6, 6.07) is 0. The van der Waals surface area contributed by atoms with Crippen LogP contribution in [0, 0.1) is 0 Å². The molecule has 1 unspecified atom stereocenters. The van der Waals surface area contributed by atoms with E-state index in [0.29, 0.717) is 5.92 Å². The summed E-state index contributed by atoms with van der Waals surface area (Å²) in [7, 11) is 4.06. The van der Waals surface area contributed by atoms with Crippen molar-refractivity contribution in [2.75, 3.05) is 25.9 Å². The molecule has 4 nitrogen and oxygen atoms in total. The Bertz CT molecular complexity index is 318. The first-order valence-corrected chi connectivity index (χ1v) is 5.14. The Balaban J connectivity index is 2.18. The molecule has 0 aromatic carbocycles. The van der Waals surface area contributed by atoms with Crippen LogP contribution in [0.25, 0.3) is 0 Å². The van der Waals surface area contributed by atoms with Gasteiger partial charge in [0.05, 0.1) is 6.20 Å². The van der Waals surface area contributed by atoms with Crippen molar-refractivity contribution in [2.24, 2.45) is 7.05 Å². The lowest BCUT2D eigenvalue weighted by Crippen LogP contribution is -2.31. The molecule has 0 saturated carbocycles. The molecular weight excluding hydrogens is 176 g/mol. The van der Waals surface area contributed by atoms with Gasteiger partial charge in [-0.2, -0.15) is 5.10 Å². The Morgan fingerprint density at radius 2 is 2.29 bits per heavy atom. The van der Waals surface area contributed by atoms with Crippen LogP contribution < -0.4 is 5.73 Å². The second-order valence-electron chi connectivity index (χ2n) is 4.21. The van der Waals surface area contributed by atoms with E-state index in [1.165, 1.54) is 24.9 Å². The van der Waals surface area contributed by atoms with Crippen molar-refractivity contribution >= 4 is 5.82 Å². The number of hydrogen-bond donors (Lipinski definition) is 1. The Morgan fingerprint density at radius 3 is 2.86 bits per heavy atom. The van der Waals surface area contributed by atoms with Gasteiger partial charge in [-0.15, -0.1) is 0 Å². The number of nitrogen functional groups attached to an aromatic ring is 1. The molecule has 0 aliphatic carbocycles. The van der Waals surface area contributed by atoms with Crippen molar-refractivity contribution in [3.63, 3.8) is 0 Å². The van der Waals surface area contributed by atoms with E-state index in [2.05, 4.69) is 17.0 Å². The maximum atomic E-state index is 5.96. The highest BCUT2D eigenvalue weighted by atomic mass is 15.3. The quantitative estimate of drug-likeness (QED) is 0.719. The minimum Gasteiger partial charge on any atom is -0.384 e. The molecule has 1 aromatic heterocycles. The fraction of sp³-hybridized carbons (Fsp3) is 0.700. The minimum absolute atomic E-state index is 0.572. The number of likely N-dealkylation sites (tertiary alicyclic amines) is 1. The van der Waals surface area contributed by atoms with Gasteiger partial charge < -0.3 is 10.6 Å². The second-order valence-corrected chi connectivity index (χ2v) is 4.21. The van der Waals surface area contributed by atoms with Gasteiger partial charge in [-0.3, -0.25) is 4.68 Å². The predicted molar refractivity (Wildman–Crippen MR) is 57.1 cm³/mol. The van der Waals surface area contributed by atoms with Crippen LogP contribution in [-0.4, -0.2) is 34.8 Å². The standard InChI is InChI=1S/C10H18N4/c1-13-5-3-4-8(7-13)9-6-12-14(2)10(9)11/h6,8H,3-5,7,11H2,1-2H3. The van der Waals surface area contributed by atoms with Gasteiger partial charge in [0.1, 0.15) is 5.82 Å². The van der Waals surface area contributed by atoms with Crippen LogP contribution in [0.4, 0.5) is 5.82 Å². The number of nitrogens with zero attached hydrogens (tertiary/aromatic N) is 3. The predicted octanol–water partition coefficient (Wildman–Crippen LogP) is 0.812. The molecular formula is C10H18N4.